The van der Waals surface area contributed by atoms with Crippen molar-refractivity contribution in [2.45, 2.75) is 19.3 Å². The zero-order chi connectivity index (χ0) is 10.8. The molecule has 0 spiro atoms. The van der Waals surface area contributed by atoms with E-state index in [2.05, 4.69) is 0 Å². The smallest absolute Gasteiger partial charge is 0.346 e. The van der Waals surface area contributed by atoms with Crippen LogP contribution in [-0.4, -0.2) is 11.1 Å². The molecule has 0 atom stereocenters. The van der Waals surface area contributed by atoms with Crippen molar-refractivity contribution in [3.05, 3.63) is 27.5 Å². The second-order valence-electron chi connectivity index (χ2n) is 3.38. The molecule has 0 saturated carbocycles. The Labute approximate surface area is 91.3 Å². The molecule has 0 bridgehead atoms. The van der Waals surface area contributed by atoms with Gasteiger partial charge in [-0.15, -0.1) is 11.3 Å². The minimum atomic E-state index is -1.12. The first-order valence-electron chi connectivity index (χ1n) is 4.67. The van der Waals surface area contributed by atoms with Gasteiger partial charge in [0.2, 0.25) is 0 Å². The maximum atomic E-state index is 10.9. The molecule has 0 aliphatic heterocycles. The van der Waals surface area contributed by atoms with E-state index in [9.17, 15) is 4.79 Å². The number of carboxylic acid groups (broad SMARTS) is 1. The Morgan fingerprint density at radius 2 is 2.33 bits per heavy atom. The highest BCUT2D eigenvalue weighted by atomic mass is 32.1. The Balaban J connectivity index is 2.59. The zero-order valence-electron chi connectivity index (χ0n) is 7.99. The molecular weight excluding hydrogens is 210 g/mol. The maximum absolute atomic E-state index is 10.9. The normalized spacial score (nSPS) is 17.8. The lowest BCUT2D eigenvalue weighted by Gasteiger charge is -2.15. The molecule has 1 aliphatic carbocycles. The summed E-state index contributed by atoms with van der Waals surface area (Å²) in [5.74, 6) is -1.12. The quantitative estimate of drug-likeness (QED) is 0.583. The number of rotatable bonds is 1. The molecule has 1 aliphatic rings. The van der Waals surface area contributed by atoms with Gasteiger partial charge in [-0.1, -0.05) is 0 Å². The number of hydrogen-bond acceptors (Lipinski definition) is 3. The summed E-state index contributed by atoms with van der Waals surface area (Å²) in [6, 6.07) is 3.70. The summed E-state index contributed by atoms with van der Waals surface area (Å²) in [4.78, 5) is 12.1. The number of aryl methyl sites for hydroxylation is 1. The van der Waals surface area contributed by atoms with Gasteiger partial charge in [0.1, 0.15) is 11.6 Å². The van der Waals surface area contributed by atoms with Crippen LogP contribution in [0.3, 0.4) is 0 Å². The lowest BCUT2D eigenvalue weighted by atomic mass is 9.90. The van der Waals surface area contributed by atoms with Crippen LogP contribution < -0.4 is 0 Å². The molecule has 1 heterocycles. The van der Waals surface area contributed by atoms with Crippen molar-refractivity contribution in [2.75, 3.05) is 0 Å². The Kier molecular flexibility index (Phi) is 2.57. The monoisotopic (exact) mass is 219 g/mol. The number of hydrogen-bond donors (Lipinski definition) is 1. The van der Waals surface area contributed by atoms with Gasteiger partial charge in [-0.3, -0.25) is 0 Å². The summed E-state index contributed by atoms with van der Waals surface area (Å²) in [7, 11) is 0. The fourth-order valence-corrected chi connectivity index (χ4v) is 2.82. The van der Waals surface area contributed by atoms with Crippen LogP contribution in [0.25, 0.3) is 5.57 Å². The van der Waals surface area contributed by atoms with Crippen LogP contribution in [0.15, 0.2) is 17.0 Å². The molecule has 15 heavy (non-hydrogen) atoms. The van der Waals surface area contributed by atoms with Crippen molar-refractivity contribution >= 4 is 22.9 Å². The predicted molar refractivity (Wildman–Crippen MR) is 57.4 cm³/mol. The highest BCUT2D eigenvalue weighted by Crippen LogP contribution is 2.35. The third-order valence-corrected chi connectivity index (χ3v) is 3.51. The molecule has 76 valence electrons. The molecular formula is C11H9NO2S. The van der Waals surface area contributed by atoms with E-state index in [0.29, 0.717) is 12.0 Å². The standard InChI is InChI=1S/C11H9NO2S/c12-6-9(11(13)14)7-2-1-3-10-8(7)4-5-15-10/h4-5H,1-3H2,(H,13,14)/b9-7+. The molecule has 1 aromatic rings. The third kappa shape index (κ3) is 1.66. The minimum Gasteiger partial charge on any atom is -0.477 e. The number of aliphatic carboxylic acids is 1. The highest BCUT2D eigenvalue weighted by Gasteiger charge is 2.21. The van der Waals surface area contributed by atoms with Gasteiger partial charge in [0, 0.05) is 4.88 Å². The van der Waals surface area contributed by atoms with Crippen LogP contribution in [0.2, 0.25) is 0 Å². The summed E-state index contributed by atoms with van der Waals surface area (Å²) < 4.78 is 0. The summed E-state index contributed by atoms with van der Waals surface area (Å²) in [5.41, 5.74) is 1.56. The summed E-state index contributed by atoms with van der Waals surface area (Å²) in [6.07, 6.45) is 2.62. The van der Waals surface area contributed by atoms with Gasteiger partial charge < -0.3 is 5.11 Å². The van der Waals surface area contributed by atoms with Crippen LogP contribution in [0.5, 0.6) is 0 Å². The van der Waals surface area contributed by atoms with Gasteiger partial charge >= 0.3 is 5.97 Å². The van der Waals surface area contributed by atoms with E-state index < -0.39 is 5.97 Å². The molecule has 1 N–H and O–H groups in total. The van der Waals surface area contributed by atoms with Gasteiger partial charge in [0.15, 0.2) is 0 Å². The van der Waals surface area contributed by atoms with Gasteiger partial charge in [-0.05, 0) is 41.8 Å². The van der Waals surface area contributed by atoms with E-state index in [1.54, 1.807) is 17.4 Å². The van der Waals surface area contributed by atoms with E-state index in [-0.39, 0.29) is 5.57 Å². The SMILES string of the molecule is N#C/C(C(=O)O)=C1/CCCc2sccc21. The number of allylic oxidation sites excluding steroid dienone is 1. The third-order valence-electron chi connectivity index (χ3n) is 2.53. The maximum Gasteiger partial charge on any atom is 0.346 e. The van der Waals surface area contributed by atoms with Gasteiger partial charge in [-0.25, -0.2) is 4.79 Å². The molecule has 2 rings (SSSR count). The molecule has 0 fully saturated rings. The van der Waals surface area contributed by atoms with Crippen LogP contribution in [-0.2, 0) is 11.2 Å². The highest BCUT2D eigenvalue weighted by molar-refractivity contribution is 7.10. The topological polar surface area (TPSA) is 61.1 Å². The number of carbonyl (C=O) groups is 1. The molecule has 3 nitrogen and oxygen atoms in total. The largest absolute Gasteiger partial charge is 0.477 e. The summed E-state index contributed by atoms with van der Waals surface area (Å²) in [5, 5.41) is 19.7. The molecule has 0 radical (unpaired) electrons. The first kappa shape index (κ1) is 9.94. The number of nitrogens with zero attached hydrogens (tertiary/aromatic N) is 1. The Bertz CT molecular complexity index is 479. The molecule has 1 aromatic heterocycles. The van der Waals surface area contributed by atoms with Crippen LogP contribution in [0.4, 0.5) is 0 Å². The van der Waals surface area contributed by atoms with Gasteiger partial charge in [0.25, 0.3) is 0 Å². The van der Waals surface area contributed by atoms with Crippen LogP contribution in [0, 0.1) is 11.3 Å². The fraction of sp³-hybridized carbons (Fsp3) is 0.273. The van der Waals surface area contributed by atoms with E-state index in [1.807, 2.05) is 11.4 Å². The second kappa shape index (κ2) is 3.87. The van der Waals surface area contributed by atoms with Crippen molar-refractivity contribution in [2.24, 2.45) is 0 Å². The summed E-state index contributed by atoms with van der Waals surface area (Å²) >= 11 is 1.63. The van der Waals surface area contributed by atoms with Crippen molar-refractivity contribution in [1.82, 2.24) is 0 Å². The fourth-order valence-electron chi connectivity index (χ4n) is 1.87. The average molecular weight is 219 g/mol. The molecule has 0 saturated heterocycles. The number of nitriles is 1. The van der Waals surface area contributed by atoms with Crippen LogP contribution >= 0.6 is 11.3 Å². The zero-order valence-corrected chi connectivity index (χ0v) is 8.80. The van der Waals surface area contributed by atoms with Crippen molar-refractivity contribution in [3.8, 4) is 6.07 Å². The summed E-state index contributed by atoms with van der Waals surface area (Å²) in [6.45, 7) is 0. The number of carboxylic acids is 1. The van der Waals surface area contributed by atoms with E-state index in [4.69, 9.17) is 10.4 Å². The molecule has 0 aromatic carbocycles. The predicted octanol–water partition coefficient (Wildman–Crippen LogP) is 2.45. The van der Waals surface area contributed by atoms with Crippen molar-refractivity contribution in [3.63, 3.8) is 0 Å². The molecule has 0 unspecified atom stereocenters. The Morgan fingerprint density at radius 3 is 3.00 bits per heavy atom. The van der Waals surface area contributed by atoms with Crippen molar-refractivity contribution in [1.29, 1.82) is 5.26 Å². The van der Waals surface area contributed by atoms with Crippen molar-refractivity contribution < 1.29 is 9.90 Å². The van der Waals surface area contributed by atoms with Gasteiger partial charge in [-0.2, -0.15) is 5.26 Å². The minimum absolute atomic E-state index is 0.102. The molecule has 4 heteroatoms. The first-order valence-corrected chi connectivity index (χ1v) is 5.55. The Morgan fingerprint density at radius 1 is 1.53 bits per heavy atom. The number of thiophene rings is 1. The van der Waals surface area contributed by atoms with Crippen LogP contribution in [0.1, 0.15) is 23.3 Å². The van der Waals surface area contributed by atoms with E-state index >= 15 is 0 Å². The average Bonchev–Trinajstić information content (AvgIpc) is 2.66. The molecule has 0 amide bonds. The second-order valence-corrected chi connectivity index (χ2v) is 4.38. The lowest BCUT2D eigenvalue weighted by Crippen LogP contribution is -2.06. The lowest BCUT2D eigenvalue weighted by molar-refractivity contribution is -0.132. The van der Waals surface area contributed by atoms with Gasteiger partial charge in [0.05, 0.1) is 0 Å². The Hall–Kier alpha value is -1.60. The first-order chi connectivity index (χ1) is 7.24. The van der Waals surface area contributed by atoms with E-state index in [0.717, 1.165) is 18.4 Å². The number of fused-ring (bicyclic) bond motifs is 1. The van der Waals surface area contributed by atoms with E-state index in [1.165, 1.54) is 4.88 Å².